The van der Waals surface area contributed by atoms with Crippen molar-refractivity contribution >= 4 is 21.9 Å². The molecule has 0 spiro atoms. The Balaban J connectivity index is 2.04. The number of phenols is 3. The summed E-state index contributed by atoms with van der Waals surface area (Å²) in [6.07, 6.45) is -7.99. The Morgan fingerprint density at radius 3 is 2.32 bits per heavy atom. The van der Waals surface area contributed by atoms with E-state index in [-0.39, 0.29) is 39.0 Å². The van der Waals surface area contributed by atoms with Gasteiger partial charge in [0.05, 0.1) is 24.7 Å². The standard InChI is InChI=1S/C20H20O11/c1-29-11-2-6-10(4-7(11)22)30-19-13(15(6)25)8(23)3-9(24)14(19)20-18(28)17(27)16(26)12(5-21)31-20/h2-4,12,16-18,20-24,26-28H,5H2,1H3. The topological polar surface area (TPSA) is 190 Å². The number of benzene rings is 2. The van der Waals surface area contributed by atoms with Gasteiger partial charge in [0.25, 0.3) is 0 Å². The normalized spacial score (nSPS) is 26.4. The van der Waals surface area contributed by atoms with E-state index in [1.54, 1.807) is 0 Å². The van der Waals surface area contributed by atoms with E-state index in [2.05, 4.69) is 0 Å². The number of aliphatic hydroxyl groups is 4. The maximum atomic E-state index is 13.1. The van der Waals surface area contributed by atoms with E-state index in [0.717, 1.165) is 12.1 Å². The first kappa shape index (κ1) is 21.2. The van der Waals surface area contributed by atoms with Crippen molar-refractivity contribution in [2.24, 2.45) is 0 Å². The number of phenolic OH excluding ortho intramolecular Hbond substituents is 3. The van der Waals surface area contributed by atoms with Crippen LogP contribution in [-0.4, -0.2) is 73.9 Å². The lowest BCUT2D eigenvalue weighted by molar-refractivity contribution is -0.231. The van der Waals surface area contributed by atoms with Crippen LogP contribution in [0, 0.1) is 0 Å². The lowest BCUT2D eigenvalue weighted by atomic mass is 9.89. The highest BCUT2D eigenvalue weighted by Crippen LogP contribution is 2.44. The van der Waals surface area contributed by atoms with Gasteiger partial charge < -0.3 is 49.6 Å². The SMILES string of the molecule is COc1cc2c(=O)c3c(O)cc(O)c(C4OC(CO)C(O)C(O)C4O)c3oc2cc1O. The largest absolute Gasteiger partial charge is 0.507 e. The molecule has 11 nitrogen and oxygen atoms in total. The van der Waals surface area contributed by atoms with Gasteiger partial charge in [-0.3, -0.25) is 4.79 Å². The third kappa shape index (κ3) is 3.14. The van der Waals surface area contributed by atoms with Crippen LogP contribution in [0.4, 0.5) is 0 Å². The Labute approximate surface area is 173 Å². The van der Waals surface area contributed by atoms with Crippen LogP contribution in [0.1, 0.15) is 11.7 Å². The molecular formula is C20H20O11. The van der Waals surface area contributed by atoms with E-state index < -0.39 is 54.1 Å². The molecule has 1 saturated heterocycles. The van der Waals surface area contributed by atoms with Gasteiger partial charge in [-0.15, -0.1) is 0 Å². The average Bonchev–Trinajstić information content (AvgIpc) is 2.73. The molecule has 166 valence electrons. The fourth-order valence-electron chi connectivity index (χ4n) is 3.81. The summed E-state index contributed by atoms with van der Waals surface area (Å²) in [6.45, 7) is -0.710. The van der Waals surface area contributed by atoms with E-state index in [1.165, 1.54) is 13.2 Å². The number of hydrogen-bond acceptors (Lipinski definition) is 11. The Morgan fingerprint density at radius 1 is 0.968 bits per heavy atom. The van der Waals surface area contributed by atoms with Crippen LogP contribution in [0.15, 0.2) is 27.4 Å². The molecule has 2 heterocycles. The molecule has 0 aliphatic carbocycles. The van der Waals surface area contributed by atoms with Crippen molar-refractivity contribution in [3.8, 4) is 23.0 Å². The summed E-state index contributed by atoms with van der Waals surface area (Å²) in [4.78, 5) is 13.1. The van der Waals surface area contributed by atoms with Crippen LogP contribution >= 0.6 is 0 Å². The van der Waals surface area contributed by atoms with Crippen molar-refractivity contribution in [2.45, 2.75) is 30.5 Å². The lowest BCUT2D eigenvalue weighted by Crippen LogP contribution is -2.55. The molecule has 7 N–H and O–H groups in total. The minimum Gasteiger partial charge on any atom is -0.507 e. The van der Waals surface area contributed by atoms with Crippen molar-refractivity contribution in [1.29, 1.82) is 0 Å². The minimum absolute atomic E-state index is 0.00780. The van der Waals surface area contributed by atoms with Crippen LogP contribution in [-0.2, 0) is 4.74 Å². The molecule has 5 atom stereocenters. The van der Waals surface area contributed by atoms with E-state index >= 15 is 0 Å². The molecule has 1 fully saturated rings. The van der Waals surface area contributed by atoms with Gasteiger partial charge >= 0.3 is 0 Å². The molecule has 1 aliphatic heterocycles. The summed E-state index contributed by atoms with van der Waals surface area (Å²) in [5.41, 5.74) is -1.51. The van der Waals surface area contributed by atoms with E-state index in [0.29, 0.717) is 0 Å². The fraction of sp³-hybridized carbons (Fsp3) is 0.350. The number of hydrogen-bond donors (Lipinski definition) is 7. The van der Waals surface area contributed by atoms with Crippen molar-refractivity contribution in [3.05, 3.63) is 34.0 Å². The first-order valence-electron chi connectivity index (χ1n) is 9.22. The zero-order chi connectivity index (χ0) is 22.6. The van der Waals surface area contributed by atoms with Crippen molar-refractivity contribution in [3.63, 3.8) is 0 Å². The molecule has 0 amide bonds. The Hall–Kier alpha value is -3.09. The summed E-state index contributed by atoms with van der Waals surface area (Å²) < 4.78 is 16.2. The summed E-state index contributed by atoms with van der Waals surface area (Å²) in [7, 11) is 1.29. The molecule has 0 saturated carbocycles. The zero-order valence-corrected chi connectivity index (χ0v) is 16.1. The number of fused-ring (bicyclic) bond motifs is 2. The number of ether oxygens (including phenoxy) is 2. The molecule has 2 aromatic carbocycles. The fourth-order valence-corrected chi connectivity index (χ4v) is 3.81. The minimum atomic E-state index is -1.78. The van der Waals surface area contributed by atoms with Gasteiger partial charge in [-0.1, -0.05) is 0 Å². The monoisotopic (exact) mass is 436 g/mol. The maximum absolute atomic E-state index is 13.1. The van der Waals surface area contributed by atoms with Gasteiger partial charge in [0.2, 0.25) is 5.43 Å². The summed E-state index contributed by atoms with van der Waals surface area (Å²) in [5.74, 6) is -1.60. The number of aromatic hydroxyl groups is 3. The molecule has 1 aliphatic rings. The van der Waals surface area contributed by atoms with E-state index in [1.807, 2.05) is 0 Å². The summed E-state index contributed by atoms with van der Waals surface area (Å²) in [5, 5.41) is 70.4. The predicted molar refractivity (Wildman–Crippen MR) is 104 cm³/mol. The molecule has 0 bridgehead atoms. The Morgan fingerprint density at radius 2 is 1.68 bits per heavy atom. The number of methoxy groups -OCH3 is 1. The van der Waals surface area contributed by atoms with Gasteiger partial charge in [0.1, 0.15) is 53.0 Å². The molecule has 0 radical (unpaired) electrons. The molecular weight excluding hydrogens is 416 g/mol. The van der Waals surface area contributed by atoms with Crippen LogP contribution < -0.4 is 10.2 Å². The van der Waals surface area contributed by atoms with Crippen LogP contribution in [0.2, 0.25) is 0 Å². The second kappa shape index (κ2) is 7.55. The second-order valence-corrected chi connectivity index (χ2v) is 7.23. The molecule has 5 unspecified atom stereocenters. The highest BCUT2D eigenvalue weighted by atomic mass is 16.5. The van der Waals surface area contributed by atoms with Gasteiger partial charge in [-0.25, -0.2) is 0 Å². The molecule has 3 aromatic rings. The van der Waals surface area contributed by atoms with E-state index in [4.69, 9.17) is 13.9 Å². The highest BCUT2D eigenvalue weighted by Gasteiger charge is 2.46. The molecule has 1 aromatic heterocycles. The van der Waals surface area contributed by atoms with Crippen molar-refractivity contribution in [1.82, 2.24) is 0 Å². The van der Waals surface area contributed by atoms with Crippen LogP contribution in [0.5, 0.6) is 23.0 Å². The van der Waals surface area contributed by atoms with E-state index in [9.17, 15) is 40.5 Å². The predicted octanol–water partition coefficient (Wildman–Crippen LogP) is -0.414. The highest BCUT2D eigenvalue weighted by molar-refractivity contribution is 5.96. The van der Waals surface area contributed by atoms with Gasteiger partial charge in [-0.05, 0) is 6.07 Å². The van der Waals surface area contributed by atoms with Gasteiger partial charge in [0, 0.05) is 12.1 Å². The zero-order valence-electron chi connectivity index (χ0n) is 16.1. The van der Waals surface area contributed by atoms with Gasteiger partial charge in [-0.2, -0.15) is 0 Å². The maximum Gasteiger partial charge on any atom is 0.204 e. The van der Waals surface area contributed by atoms with Gasteiger partial charge in [0.15, 0.2) is 17.1 Å². The van der Waals surface area contributed by atoms with Crippen LogP contribution in [0.25, 0.3) is 21.9 Å². The first-order valence-corrected chi connectivity index (χ1v) is 9.22. The summed E-state index contributed by atoms with van der Waals surface area (Å²) in [6, 6.07) is 3.17. The van der Waals surface area contributed by atoms with Crippen molar-refractivity contribution in [2.75, 3.05) is 13.7 Å². The molecule has 11 heteroatoms. The lowest BCUT2D eigenvalue weighted by Gasteiger charge is -2.40. The third-order valence-electron chi connectivity index (χ3n) is 5.42. The Kier molecular flexibility index (Phi) is 5.15. The molecule has 31 heavy (non-hydrogen) atoms. The third-order valence-corrected chi connectivity index (χ3v) is 5.42. The first-order chi connectivity index (χ1) is 14.7. The summed E-state index contributed by atoms with van der Waals surface area (Å²) >= 11 is 0. The number of aliphatic hydroxyl groups excluding tert-OH is 4. The second-order valence-electron chi connectivity index (χ2n) is 7.23. The average molecular weight is 436 g/mol. The number of rotatable bonds is 3. The molecule has 4 rings (SSSR count). The van der Waals surface area contributed by atoms with Crippen LogP contribution in [0.3, 0.4) is 0 Å². The quantitative estimate of drug-likeness (QED) is 0.264. The smallest absolute Gasteiger partial charge is 0.204 e. The Bertz CT molecular complexity index is 1220. The van der Waals surface area contributed by atoms with Crippen molar-refractivity contribution < 1.29 is 49.6 Å².